The summed E-state index contributed by atoms with van der Waals surface area (Å²) in [5.74, 6) is -0.895. The maximum atomic E-state index is 13.5. The lowest BCUT2D eigenvalue weighted by Gasteiger charge is -2.44. The molecule has 1 aliphatic carbocycles. The highest BCUT2D eigenvalue weighted by Gasteiger charge is 2.54. The molecule has 2 heterocycles. The predicted octanol–water partition coefficient (Wildman–Crippen LogP) is 2.07. The van der Waals surface area contributed by atoms with Gasteiger partial charge in [-0.15, -0.1) is 0 Å². The minimum absolute atomic E-state index is 0.0918. The standard InChI is InChI=1S/C22H28N4O4/c1-16(27)30-15-20(28)26-11-5-10-22(26,18-6-3-2-4-7-18)21(29)25-14-17-8-9-19(12-23)24-13-17/h8-9,13,18H,2-7,10-11,14-15H2,1H3,(H,25,29)/t22-/m1/s1. The summed E-state index contributed by atoms with van der Waals surface area (Å²) in [6, 6.07) is 5.35. The number of carbonyl (C=O) groups excluding carboxylic acids is 3. The molecule has 2 aliphatic rings. The van der Waals surface area contributed by atoms with Crippen molar-refractivity contribution >= 4 is 17.8 Å². The quantitative estimate of drug-likeness (QED) is 0.716. The Bertz CT molecular complexity index is 827. The fraction of sp³-hybridized carbons (Fsp3) is 0.591. The molecule has 0 radical (unpaired) electrons. The number of aromatic nitrogens is 1. The van der Waals surface area contributed by atoms with Gasteiger partial charge < -0.3 is 15.0 Å². The Balaban J connectivity index is 1.79. The molecule has 30 heavy (non-hydrogen) atoms. The van der Waals surface area contributed by atoms with Crippen molar-refractivity contribution in [1.29, 1.82) is 5.26 Å². The van der Waals surface area contributed by atoms with Gasteiger partial charge in [0.15, 0.2) is 6.61 Å². The molecule has 8 heteroatoms. The summed E-state index contributed by atoms with van der Waals surface area (Å²) in [5, 5.41) is 11.9. The molecule has 1 aliphatic heterocycles. The molecule has 1 aromatic rings. The van der Waals surface area contributed by atoms with Crippen molar-refractivity contribution in [3.8, 4) is 6.07 Å². The second-order valence-electron chi connectivity index (χ2n) is 8.03. The van der Waals surface area contributed by atoms with Crippen LogP contribution < -0.4 is 5.32 Å². The summed E-state index contributed by atoms with van der Waals surface area (Å²) in [5.41, 5.74) is 0.205. The lowest BCUT2D eigenvalue weighted by atomic mass is 9.72. The highest BCUT2D eigenvalue weighted by Crippen LogP contribution is 2.43. The van der Waals surface area contributed by atoms with Crippen LogP contribution in [0.3, 0.4) is 0 Å². The van der Waals surface area contributed by atoms with Gasteiger partial charge in [0.25, 0.3) is 5.91 Å². The first-order valence-corrected chi connectivity index (χ1v) is 10.5. The van der Waals surface area contributed by atoms with Gasteiger partial charge in [-0.1, -0.05) is 25.3 Å². The lowest BCUT2D eigenvalue weighted by molar-refractivity contribution is -0.157. The number of rotatable bonds is 6. The minimum Gasteiger partial charge on any atom is -0.456 e. The smallest absolute Gasteiger partial charge is 0.303 e. The average Bonchev–Trinajstić information content (AvgIpc) is 3.23. The highest BCUT2D eigenvalue weighted by atomic mass is 16.5. The van der Waals surface area contributed by atoms with Gasteiger partial charge in [-0.3, -0.25) is 14.4 Å². The summed E-state index contributed by atoms with van der Waals surface area (Å²) in [7, 11) is 0. The number of nitrogens with zero attached hydrogens (tertiary/aromatic N) is 3. The van der Waals surface area contributed by atoms with Crippen LogP contribution >= 0.6 is 0 Å². The third-order valence-corrected chi connectivity index (χ3v) is 6.19. The fourth-order valence-corrected chi connectivity index (χ4v) is 4.79. The van der Waals surface area contributed by atoms with E-state index in [1.807, 2.05) is 6.07 Å². The maximum absolute atomic E-state index is 13.5. The molecule has 1 saturated carbocycles. The number of carbonyl (C=O) groups is 3. The molecular weight excluding hydrogens is 384 g/mol. The number of hydrogen-bond acceptors (Lipinski definition) is 6. The molecule has 1 N–H and O–H groups in total. The Hall–Kier alpha value is -2.95. The van der Waals surface area contributed by atoms with Crippen LogP contribution in [0.4, 0.5) is 0 Å². The van der Waals surface area contributed by atoms with Gasteiger partial charge in [0, 0.05) is 26.2 Å². The molecule has 0 aromatic carbocycles. The molecule has 0 unspecified atom stereocenters. The van der Waals surface area contributed by atoms with Crippen LogP contribution in [0.25, 0.3) is 0 Å². The van der Waals surface area contributed by atoms with Gasteiger partial charge in [0.05, 0.1) is 0 Å². The van der Waals surface area contributed by atoms with Gasteiger partial charge >= 0.3 is 5.97 Å². The topological polar surface area (TPSA) is 112 Å². The molecule has 8 nitrogen and oxygen atoms in total. The van der Waals surface area contributed by atoms with Crippen molar-refractivity contribution in [2.24, 2.45) is 5.92 Å². The van der Waals surface area contributed by atoms with Crippen molar-refractivity contribution in [2.45, 2.75) is 64.0 Å². The van der Waals surface area contributed by atoms with Crippen LogP contribution in [0.15, 0.2) is 18.3 Å². The van der Waals surface area contributed by atoms with E-state index in [2.05, 4.69) is 10.3 Å². The van der Waals surface area contributed by atoms with Crippen LogP contribution in [0.2, 0.25) is 0 Å². The normalized spacial score (nSPS) is 21.7. The van der Waals surface area contributed by atoms with Crippen LogP contribution in [0.1, 0.15) is 63.1 Å². The van der Waals surface area contributed by atoms with E-state index >= 15 is 0 Å². The van der Waals surface area contributed by atoms with E-state index in [9.17, 15) is 14.4 Å². The Morgan fingerprint density at radius 3 is 2.67 bits per heavy atom. The van der Waals surface area contributed by atoms with Gasteiger partial charge in [-0.25, -0.2) is 4.98 Å². The van der Waals surface area contributed by atoms with E-state index in [1.165, 1.54) is 6.92 Å². The van der Waals surface area contributed by atoms with Gasteiger partial charge in [0.1, 0.15) is 17.3 Å². The van der Waals surface area contributed by atoms with Crippen molar-refractivity contribution in [2.75, 3.05) is 13.2 Å². The number of pyridine rings is 1. The molecule has 1 atom stereocenters. The van der Waals surface area contributed by atoms with E-state index in [0.717, 1.165) is 44.1 Å². The number of esters is 1. The monoisotopic (exact) mass is 412 g/mol. The van der Waals surface area contributed by atoms with E-state index in [1.54, 1.807) is 23.2 Å². The maximum Gasteiger partial charge on any atom is 0.303 e. The first-order valence-electron chi connectivity index (χ1n) is 10.5. The Labute approximate surface area is 176 Å². The van der Waals surface area contributed by atoms with E-state index in [0.29, 0.717) is 18.7 Å². The van der Waals surface area contributed by atoms with Crippen LogP contribution in [0, 0.1) is 17.2 Å². The summed E-state index contributed by atoms with van der Waals surface area (Å²) in [4.78, 5) is 43.3. The number of hydrogen-bond donors (Lipinski definition) is 1. The number of amides is 2. The zero-order chi connectivity index (χ0) is 21.6. The van der Waals surface area contributed by atoms with Crippen molar-refractivity contribution in [1.82, 2.24) is 15.2 Å². The molecule has 1 aromatic heterocycles. The van der Waals surface area contributed by atoms with Gasteiger partial charge in [-0.05, 0) is 43.2 Å². The van der Waals surface area contributed by atoms with Crippen molar-refractivity contribution in [3.63, 3.8) is 0 Å². The molecular formula is C22H28N4O4. The minimum atomic E-state index is -0.905. The van der Waals surface area contributed by atoms with Crippen molar-refractivity contribution < 1.29 is 19.1 Å². The molecule has 1 saturated heterocycles. The molecule has 3 rings (SSSR count). The van der Waals surface area contributed by atoms with Gasteiger partial charge in [0.2, 0.25) is 5.91 Å². The third kappa shape index (κ3) is 4.61. The second-order valence-corrected chi connectivity index (χ2v) is 8.03. The Kier molecular flexibility index (Phi) is 7.03. The third-order valence-electron chi connectivity index (χ3n) is 6.19. The number of nitriles is 1. The van der Waals surface area contributed by atoms with Crippen LogP contribution in [0.5, 0.6) is 0 Å². The molecule has 0 bridgehead atoms. The van der Waals surface area contributed by atoms with E-state index < -0.39 is 11.5 Å². The highest BCUT2D eigenvalue weighted by molar-refractivity contribution is 5.93. The van der Waals surface area contributed by atoms with Crippen molar-refractivity contribution in [3.05, 3.63) is 29.6 Å². The first kappa shape index (κ1) is 21.8. The molecule has 2 amide bonds. The lowest BCUT2D eigenvalue weighted by Crippen LogP contribution is -2.62. The number of likely N-dealkylation sites (tertiary alicyclic amines) is 1. The summed E-state index contributed by atoms with van der Waals surface area (Å²) >= 11 is 0. The second kappa shape index (κ2) is 9.70. The summed E-state index contributed by atoms with van der Waals surface area (Å²) < 4.78 is 4.93. The SMILES string of the molecule is CC(=O)OCC(=O)N1CCC[C@]1(C(=O)NCc1ccc(C#N)nc1)C1CCCCC1. The zero-order valence-electron chi connectivity index (χ0n) is 17.4. The summed E-state index contributed by atoms with van der Waals surface area (Å²) in [6.07, 6.45) is 7.98. The van der Waals surface area contributed by atoms with Crippen LogP contribution in [-0.2, 0) is 25.7 Å². The number of ether oxygens (including phenoxy) is 1. The largest absolute Gasteiger partial charge is 0.456 e. The van der Waals surface area contributed by atoms with Crippen LogP contribution in [-0.4, -0.2) is 46.4 Å². The van der Waals surface area contributed by atoms with E-state index in [-0.39, 0.29) is 30.9 Å². The molecule has 0 spiro atoms. The average molecular weight is 412 g/mol. The van der Waals surface area contributed by atoms with Gasteiger partial charge in [-0.2, -0.15) is 5.26 Å². The summed E-state index contributed by atoms with van der Waals surface area (Å²) in [6.45, 7) is 1.70. The first-order chi connectivity index (χ1) is 14.5. The Morgan fingerprint density at radius 2 is 2.03 bits per heavy atom. The number of nitrogens with one attached hydrogen (secondary N) is 1. The zero-order valence-corrected chi connectivity index (χ0v) is 17.4. The molecule has 160 valence electrons. The molecule has 2 fully saturated rings. The predicted molar refractivity (Wildman–Crippen MR) is 108 cm³/mol. The fourth-order valence-electron chi connectivity index (χ4n) is 4.79. The van der Waals surface area contributed by atoms with E-state index in [4.69, 9.17) is 10.00 Å². The Morgan fingerprint density at radius 1 is 1.27 bits per heavy atom.